The number of hydrogen-bond donors (Lipinski definition) is 2. The van der Waals surface area contributed by atoms with E-state index in [2.05, 4.69) is 15.9 Å². The zero-order valence-corrected chi connectivity index (χ0v) is 17.3. The van der Waals surface area contributed by atoms with Gasteiger partial charge in [0.25, 0.3) is 5.91 Å². The van der Waals surface area contributed by atoms with Crippen LogP contribution in [0.15, 0.2) is 39.7 Å². The molecule has 2 N–H and O–H groups in total. The van der Waals surface area contributed by atoms with Crippen molar-refractivity contribution >= 4 is 78.9 Å². The number of aliphatic carboxylic acids is 2. The molecule has 28 heavy (non-hydrogen) atoms. The van der Waals surface area contributed by atoms with E-state index >= 15 is 0 Å². The fourth-order valence-electron chi connectivity index (χ4n) is 2.62. The van der Waals surface area contributed by atoms with Crippen LogP contribution in [0.1, 0.15) is 5.56 Å². The molecule has 1 aliphatic rings. The van der Waals surface area contributed by atoms with Crippen molar-refractivity contribution in [3.8, 4) is 5.75 Å². The van der Waals surface area contributed by atoms with Crippen molar-refractivity contribution in [1.29, 1.82) is 0 Å². The molecule has 7 nitrogen and oxygen atoms in total. The lowest BCUT2D eigenvalue weighted by Crippen LogP contribution is -2.33. The van der Waals surface area contributed by atoms with Gasteiger partial charge in [-0.15, -0.1) is 0 Å². The molecule has 0 atom stereocenters. The predicted octanol–water partition coefficient (Wildman–Crippen LogP) is 3.35. The molecule has 0 saturated carbocycles. The van der Waals surface area contributed by atoms with Crippen LogP contribution >= 0.6 is 39.9 Å². The number of carbonyl (C=O) groups is 3. The van der Waals surface area contributed by atoms with Gasteiger partial charge in [-0.1, -0.05) is 52.0 Å². The van der Waals surface area contributed by atoms with E-state index < -0.39 is 31.0 Å². The Morgan fingerprint density at radius 1 is 1.21 bits per heavy atom. The highest BCUT2D eigenvalue weighted by Gasteiger charge is 2.33. The first-order valence-corrected chi connectivity index (χ1v) is 9.82. The smallest absolute Gasteiger partial charge is 0.341 e. The summed E-state index contributed by atoms with van der Waals surface area (Å²) < 4.78 is 6.39. The molecule has 0 spiro atoms. The third-order valence-corrected chi connectivity index (χ3v) is 5.65. The Hall–Kier alpha value is -2.43. The fourth-order valence-corrected chi connectivity index (χ4v) is 4.24. The molecule has 0 unspecified atom stereocenters. The third-order valence-electron chi connectivity index (χ3n) is 3.78. The number of amides is 1. The van der Waals surface area contributed by atoms with Gasteiger partial charge in [0.05, 0.1) is 4.91 Å². The van der Waals surface area contributed by atoms with Gasteiger partial charge >= 0.3 is 11.9 Å². The maximum atomic E-state index is 12.6. The average Bonchev–Trinajstić information content (AvgIpc) is 2.87. The highest BCUT2D eigenvalue weighted by atomic mass is 79.9. The van der Waals surface area contributed by atoms with Gasteiger partial charge in [-0.3, -0.25) is 14.5 Å². The summed E-state index contributed by atoms with van der Waals surface area (Å²) in [4.78, 5) is 35.7. The maximum absolute atomic E-state index is 12.6. The molecular weight excluding hydrogens is 470 g/mol. The van der Waals surface area contributed by atoms with E-state index in [9.17, 15) is 14.4 Å². The predicted molar refractivity (Wildman–Crippen MR) is 112 cm³/mol. The first-order chi connectivity index (χ1) is 13.3. The van der Waals surface area contributed by atoms with Gasteiger partial charge in [0, 0.05) is 10.0 Å². The number of benzene rings is 2. The van der Waals surface area contributed by atoms with Crippen LogP contribution in [0.3, 0.4) is 0 Å². The van der Waals surface area contributed by atoms with Gasteiger partial charge < -0.3 is 14.9 Å². The zero-order chi connectivity index (χ0) is 20.4. The molecule has 0 bridgehead atoms. The summed E-state index contributed by atoms with van der Waals surface area (Å²) in [6.07, 6.45) is 1.55. The molecule has 0 aromatic heterocycles. The van der Waals surface area contributed by atoms with Crippen LogP contribution in [-0.4, -0.2) is 50.4 Å². The van der Waals surface area contributed by atoms with Crippen molar-refractivity contribution in [3.05, 3.63) is 45.3 Å². The number of carboxylic acid groups (broad SMARTS) is 2. The number of fused-ring (bicyclic) bond motifs is 1. The van der Waals surface area contributed by atoms with Crippen LogP contribution in [0.5, 0.6) is 5.75 Å². The van der Waals surface area contributed by atoms with Gasteiger partial charge in [-0.2, -0.15) is 0 Å². The first kappa shape index (κ1) is 20.3. The van der Waals surface area contributed by atoms with Crippen LogP contribution in [-0.2, 0) is 14.4 Å². The summed E-state index contributed by atoms with van der Waals surface area (Å²) in [5, 5.41) is 19.5. The van der Waals surface area contributed by atoms with Crippen molar-refractivity contribution in [3.63, 3.8) is 0 Å². The molecule has 2 aromatic rings. The number of ether oxygens (including phenoxy) is 1. The SMILES string of the molecule is O=C(O)COc1ccc2cc(Br)ccc2c1C=C1SC(=S)N(CC(=O)O)C1=O. The minimum Gasteiger partial charge on any atom is -0.481 e. The maximum Gasteiger partial charge on any atom is 0.341 e. The minimum atomic E-state index is -1.17. The molecule has 144 valence electrons. The average molecular weight is 482 g/mol. The van der Waals surface area contributed by atoms with Crippen LogP contribution in [0.4, 0.5) is 0 Å². The van der Waals surface area contributed by atoms with E-state index in [0.29, 0.717) is 11.3 Å². The number of carbonyl (C=O) groups excluding carboxylic acids is 1. The summed E-state index contributed by atoms with van der Waals surface area (Å²) in [6.45, 7) is -1.06. The molecule has 1 heterocycles. The van der Waals surface area contributed by atoms with Crippen LogP contribution in [0.2, 0.25) is 0 Å². The van der Waals surface area contributed by atoms with E-state index in [1.165, 1.54) is 0 Å². The summed E-state index contributed by atoms with van der Waals surface area (Å²) >= 11 is 9.50. The van der Waals surface area contributed by atoms with E-state index in [-0.39, 0.29) is 9.23 Å². The van der Waals surface area contributed by atoms with Gasteiger partial charge in [-0.25, -0.2) is 4.79 Å². The van der Waals surface area contributed by atoms with Crippen LogP contribution < -0.4 is 4.74 Å². The quantitative estimate of drug-likeness (QED) is 0.478. The van der Waals surface area contributed by atoms with Crippen LogP contribution in [0.25, 0.3) is 16.8 Å². The monoisotopic (exact) mass is 481 g/mol. The number of nitrogens with zero attached hydrogens (tertiary/aromatic N) is 1. The summed E-state index contributed by atoms with van der Waals surface area (Å²) in [7, 11) is 0. The molecule has 3 rings (SSSR count). The van der Waals surface area contributed by atoms with Crippen molar-refractivity contribution in [2.45, 2.75) is 0 Å². The lowest BCUT2D eigenvalue weighted by atomic mass is 10.0. The second-order valence-corrected chi connectivity index (χ2v) is 8.28. The molecule has 0 radical (unpaired) electrons. The van der Waals surface area contributed by atoms with Crippen molar-refractivity contribution < 1.29 is 29.3 Å². The largest absolute Gasteiger partial charge is 0.481 e. The molecule has 2 aromatic carbocycles. The normalized spacial score (nSPS) is 15.5. The second kappa shape index (κ2) is 8.29. The van der Waals surface area contributed by atoms with Gasteiger partial charge in [0.2, 0.25) is 0 Å². The molecule has 1 saturated heterocycles. The number of halogens is 1. The summed E-state index contributed by atoms with van der Waals surface area (Å²) in [5.41, 5.74) is 0.516. The number of thiocarbonyl (C=S) groups is 1. The van der Waals surface area contributed by atoms with Crippen molar-refractivity contribution in [2.75, 3.05) is 13.2 Å². The Morgan fingerprint density at radius 3 is 2.64 bits per heavy atom. The molecular formula is C18H12BrNO6S2. The Bertz CT molecular complexity index is 1050. The Balaban J connectivity index is 2.09. The number of thioether (sulfide) groups is 1. The van der Waals surface area contributed by atoms with E-state index in [1.807, 2.05) is 18.2 Å². The number of hydrogen-bond acceptors (Lipinski definition) is 6. The summed E-state index contributed by atoms with van der Waals surface area (Å²) in [6, 6.07) is 8.92. The van der Waals surface area contributed by atoms with E-state index in [1.54, 1.807) is 18.2 Å². The minimum absolute atomic E-state index is 0.148. The molecule has 1 fully saturated rings. The molecule has 0 aliphatic carbocycles. The standard InChI is InChI=1S/C18H12BrNO6S2/c19-10-2-3-11-9(5-10)1-4-13(26-8-16(23)24)12(11)6-14-17(25)20(7-15(21)22)18(27)28-14/h1-6H,7-8H2,(H,21,22)(H,23,24). The Labute approximate surface area is 177 Å². The highest BCUT2D eigenvalue weighted by Crippen LogP contribution is 2.37. The van der Waals surface area contributed by atoms with Gasteiger partial charge in [0.1, 0.15) is 16.6 Å². The van der Waals surface area contributed by atoms with Crippen molar-refractivity contribution in [2.24, 2.45) is 0 Å². The fraction of sp³-hybridized carbons (Fsp3) is 0.111. The van der Waals surface area contributed by atoms with Crippen LogP contribution in [0, 0.1) is 0 Å². The van der Waals surface area contributed by atoms with Gasteiger partial charge in [-0.05, 0) is 35.0 Å². The van der Waals surface area contributed by atoms with E-state index in [0.717, 1.165) is 31.9 Å². The van der Waals surface area contributed by atoms with E-state index in [4.69, 9.17) is 27.2 Å². The summed E-state index contributed by atoms with van der Waals surface area (Å²) in [5.74, 6) is -2.52. The lowest BCUT2D eigenvalue weighted by molar-refractivity contribution is -0.140. The highest BCUT2D eigenvalue weighted by molar-refractivity contribution is 9.10. The molecule has 1 aliphatic heterocycles. The second-order valence-electron chi connectivity index (χ2n) is 5.69. The van der Waals surface area contributed by atoms with Gasteiger partial charge in [0.15, 0.2) is 6.61 Å². The molecule has 10 heteroatoms. The Kier molecular flexibility index (Phi) is 6.01. The van der Waals surface area contributed by atoms with Crippen molar-refractivity contribution in [1.82, 2.24) is 4.90 Å². The lowest BCUT2D eigenvalue weighted by Gasteiger charge is -2.12. The first-order valence-electron chi connectivity index (χ1n) is 7.80. The number of rotatable bonds is 6. The molecule has 1 amide bonds. The topological polar surface area (TPSA) is 104 Å². The third kappa shape index (κ3) is 4.34. The Morgan fingerprint density at radius 2 is 1.96 bits per heavy atom. The number of carboxylic acids is 2. The zero-order valence-electron chi connectivity index (χ0n) is 14.0.